The Bertz CT molecular complexity index is 484. The Labute approximate surface area is 99.6 Å². The molecule has 1 unspecified atom stereocenters. The first-order valence-electron chi connectivity index (χ1n) is 4.00. The first-order chi connectivity index (χ1) is 7.16. The number of halogens is 1. The summed E-state index contributed by atoms with van der Waals surface area (Å²) < 4.78 is 4.11. The van der Waals surface area contributed by atoms with Crippen LogP contribution in [0.15, 0.2) is 32.6 Å². The molecule has 78 valence electrons. The zero-order valence-corrected chi connectivity index (χ0v) is 9.86. The molecule has 1 atom stereocenters. The van der Waals surface area contributed by atoms with Gasteiger partial charge in [0.25, 0.3) is 0 Å². The van der Waals surface area contributed by atoms with Gasteiger partial charge >= 0.3 is 0 Å². The molecule has 1 aliphatic heterocycles. The smallest absolute Gasteiger partial charge is 0.184 e. The van der Waals surface area contributed by atoms with Crippen molar-refractivity contribution in [1.82, 2.24) is 5.43 Å². The molecule has 7 heteroatoms. The summed E-state index contributed by atoms with van der Waals surface area (Å²) in [6.45, 7) is 0. The Morgan fingerprint density at radius 3 is 3.13 bits per heavy atom. The van der Waals surface area contributed by atoms with Gasteiger partial charge in [0.1, 0.15) is 0 Å². The van der Waals surface area contributed by atoms with Crippen molar-refractivity contribution in [2.24, 2.45) is 15.2 Å². The molecule has 1 aliphatic rings. The minimum Gasteiger partial charge on any atom is -0.375 e. The second kappa shape index (κ2) is 4.26. The lowest BCUT2D eigenvalue weighted by Gasteiger charge is -2.00. The van der Waals surface area contributed by atoms with E-state index in [9.17, 15) is 0 Å². The Morgan fingerprint density at radius 2 is 2.40 bits per heavy atom. The van der Waals surface area contributed by atoms with Gasteiger partial charge < -0.3 is 5.73 Å². The van der Waals surface area contributed by atoms with E-state index in [1.807, 2.05) is 12.1 Å². The molecule has 0 spiro atoms. The molecular formula is C8H7ClN4S2. The lowest BCUT2D eigenvalue weighted by Crippen LogP contribution is -2.24. The molecule has 4 nitrogen and oxygen atoms in total. The summed E-state index contributed by atoms with van der Waals surface area (Å²) in [7, 11) is -0.463. The molecule has 2 rings (SSSR count). The first kappa shape index (κ1) is 10.5. The van der Waals surface area contributed by atoms with E-state index in [1.54, 1.807) is 11.6 Å². The highest BCUT2D eigenvalue weighted by atomic mass is 35.5. The standard InChI is InChI=1S/C8H7ClN4S2/c9-5-1-2-6-7(3-5)15(4-11-6)13-12-8(10)14/h1-4H,(H3,10,12,14). The number of fused-ring (bicyclic) bond motifs is 1. The van der Waals surface area contributed by atoms with Crippen molar-refractivity contribution < 1.29 is 0 Å². The van der Waals surface area contributed by atoms with E-state index in [1.165, 1.54) is 0 Å². The average molecular weight is 259 g/mol. The van der Waals surface area contributed by atoms with Gasteiger partial charge in [-0.15, -0.1) is 4.47 Å². The summed E-state index contributed by atoms with van der Waals surface area (Å²) in [5.74, 6) is 0. The molecule has 15 heavy (non-hydrogen) atoms. The highest BCUT2D eigenvalue weighted by Crippen LogP contribution is 2.30. The minimum absolute atomic E-state index is 0.145. The zero-order valence-electron chi connectivity index (χ0n) is 7.48. The number of hydrogen-bond acceptors (Lipinski definition) is 3. The van der Waals surface area contributed by atoms with Gasteiger partial charge in [-0.25, -0.2) is 10.4 Å². The number of hydrogen-bond donors (Lipinski definition) is 2. The fourth-order valence-electron chi connectivity index (χ4n) is 1.09. The van der Waals surface area contributed by atoms with E-state index >= 15 is 0 Å². The van der Waals surface area contributed by atoms with Crippen LogP contribution in [0.5, 0.6) is 0 Å². The third-order valence-corrected chi connectivity index (χ3v) is 3.39. The van der Waals surface area contributed by atoms with Crippen molar-refractivity contribution in [3.05, 3.63) is 23.2 Å². The van der Waals surface area contributed by atoms with Crippen LogP contribution < -0.4 is 11.2 Å². The summed E-state index contributed by atoms with van der Waals surface area (Å²) in [5, 5.41) is 0.814. The molecule has 0 saturated carbocycles. The quantitative estimate of drug-likeness (QED) is 0.598. The Morgan fingerprint density at radius 1 is 1.60 bits per heavy atom. The van der Waals surface area contributed by atoms with Gasteiger partial charge in [0.2, 0.25) is 0 Å². The number of thiocarbonyl (C=S) groups is 1. The lowest BCUT2D eigenvalue weighted by molar-refractivity contribution is 1.06. The molecule has 3 N–H and O–H groups in total. The molecule has 0 bridgehead atoms. The number of nitrogens with two attached hydrogens (primary N) is 1. The molecule has 1 aromatic rings. The fourth-order valence-corrected chi connectivity index (χ4v) is 2.68. The number of nitrogens with zero attached hydrogens (tertiary/aromatic N) is 2. The van der Waals surface area contributed by atoms with Gasteiger partial charge in [0.05, 0.1) is 16.1 Å². The van der Waals surface area contributed by atoms with Gasteiger partial charge in [-0.05, 0) is 30.4 Å². The highest BCUT2D eigenvalue weighted by molar-refractivity contribution is 8.01. The van der Waals surface area contributed by atoms with Crippen molar-refractivity contribution in [2.75, 3.05) is 0 Å². The van der Waals surface area contributed by atoms with Crippen molar-refractivity contribution in [2.45, 2.75) is 4.90 Å². The molecule has 0 saturated heterocycles. The van der Waals surface area contributed by atoms with Crippen LogP contribution in [0, 0.1) is 0 Å². The summed E-state index contributed by atoms with van der Waals surface area (Å²) in [6, 6.07) is 5.50. The first-order valence-corrected chi connectivity index (χ1v) is 6.03. The maximum atomic E-state index is 5.89. The molecular weight excluding hydrogens is 252 g/mol. The van der Waals surface area contributed by atoms with Crippen LogP contribution in [-0.4, -0.2) is 10.7 Å². The molecule has 0 aliphatic carbocycles. The summed E-state index contributed by atoms with van der Waals surface area (Å²) in [5.41, 5.74) is 10.5. The van der Waals surface area contributed by atoms with E-state index < -0.39 is 10.7 Å². The monoisotopic (exact) mass is 258 g/mol. The minimum atomic E-state index is -0.463. The van der Waals surface area contributed by atoms with Crippen LogP contribution in [0.1, 0.15) is 0 Å². The predicted molar refractivity (Wildman–Crippen MR) is 67.6 cm³/mol. The van der Waals surface area contributed by atoms with Crippen LogP contribution in [-0.2, 0) is 10.7 Å². The second-order valence-electron chi connectivity index (χ2n) is 2.73. The SMILES string of the molecule is NC(=S)N/N=S1\C=Nc2ccc(Cl)cc21. The topological polar surface area (TPSA) is 62.8 Å². The molecule has 0 amide bonds. The highest BCUT2D eigenvalue weighted by Gasteiger charge is 2.12. The second-order valence-corrected chi connectivity index (χ2v) is 5.07. The molecule has 0 aromatic heterocycles. The van der Waals surface area contributed by atoms with Crippen LogP contribution in [0.4, 0.5) is 5.69 Å². The number of rotatable bonds is 1. The van der Waals surface area contributed by atoms with Crippen LogP contribution in [0.3, 0.4) is 0 Å². The van der Waals surface area contributed by atoms with Crippen LogP contribution >= 0.6 is 23.8 Å². The number of nitrogens with one attached hydrogen (secondary N) is 1. The Hall–Kier alpha value is -0.980. The summed E-state index contributed by atoms with van der Waals surface area (Å²) in [4.78, 5) is 5.19. The van der Waals surface area contributed by atoms with E-state index in [2.05, 4.69) is 27.1 Å². The Balaban J connectivity index is 2.35. The van der Waals surface area contributed by atoms with E-state index in [0.29, 0.717) is 5.02 Å². The normalized spacial score (nSPS) is 17.8. The fraction of sp³-hybridized carbons (Fsp3) is 0. The Kier molecular flexibility index (Phi) is 2.99. The van der Waals surface area contributed by atoms with Crippen LogP contribution in [0.25, 0.3) is 0 Å². The van der Waals surface area contributed by atoms with E-state index in [0.717, 1.165) is 10.6 Å². The van der Waals surface area contributed by atoms with Crippen molar-refractivity contribution in [3.8, 4) is 0 Å². The third-order valence-electron chi connectivity index (χ3n) is 1.69. The van der Waals surface area contributed by atoms with Gasteiger partial charge in [-0.3, -0.25) is 0 Å². The van der Waals surface area contributed by atoms with Gasteiger partial charge in [0, 0.05) is 15.7 Å². The van der Waals surface area contributed by atoms with Crippen molar-refractivity contribution >= 4 is 50.9 Å². The molecule has 0 fully saturated rings. The summed E-state index contributed by atoms with van der Waals surface area (Å²) in [6.07, 6.45) is 0. The molecule has 0 radical (unpaired) electrons. The number of aliphatic imine (C=N–C) groups is 1. The predicted octanol–water partition coefficient (Wildman–Crippen LogP) is 1.92. The van der Waals surface area contributed by atoms with Gasteiger partial charge in [-0.1, -0.05) is 11.6 Å². The third kappa shape index (κ3) is 2.34. The zero-order chi connectivity index (χ0) is 10.8. The maximum Gasteiger partial charge on any atom is 0.184 e. The summed E-state index contributed by atoms with van der Waals surface area (Å²) >= 11 is 10.5. The van der Waals surface area contributed by atoms with Crippen LogP contribution in [0.2, 0.25) is 5.02 Å². The largest absolute Gasteiger partial charge is 0.375 e. The average Bonchev–Trinajstić information content (AvgIpc) is 2.57. The van der Waals surface area contributed by atoms with E-state index in [4.69, 9.17) is 17.3 Å². The van der Waals surface area contributed by atoms with Gasteiger partial charge in [0.15, 0.2) is 5.11 Å². The molecule has 1 heterocycles. The number of benzene rings is 1. The lowest BCUT2D eigenvalue weighted by atomic mass is 10.3. The molecule has 1 aromatic carbocycles. The van der Waals surface area contributed by atoms with Crippen molar-refractivity contribution in [1.29, 1.82) is 0 Å². The maximum absolute atomic E-state index is 5.89. The van der Waals surface area contributed by atoms with Crippen molar-refractivity contribution in [3.63, 3.8) is 0 Å². The van der Waals surface area contributed by atoms with E-state index in [-0.39, 0.29) is 5.11 Å². The van der Waals surface area contributed by atoms with Gasteiger partial charge in [-0.2, -0.15) is 0 Å².